The number of nitrogens with one attached hydrogen (secondary N) is 1. The first-order chi connectivity index (χ1) is 15.0. The van der Waals surface area contributed by atoms with Crippen LogP contribution in [0, 0.1) is 5.82 Å². The van der Waals surface area contributed by atoms with E-state index in [1.807, 2.05) is 0 Å². The van der Waals surface area contributed by atoms with Crippen LogP contribution >= 0.6 is 0 Å². The number of H-pyrrole nitrogens is 1. The second-order valence-electron chi connectivity index (χ2n) is 6.40. The highest BCUT2D eigenvalue weighted by molar-refractivity contribution is 5.83. The summed E-state index contributed by atoms with van der Waals surface area (Å²) in [5, 5.41) is 13.2. The third kappa shape index (κ3) is 4.43. The Kier molecular flexibility index (Phi) is 5.14. The summed E-state index contributed by atoms with van der Waals surface area (Å²) >= 11 is 0. The number of nitrogens with zero attached hydrogens (tertiary/aromatic N) is 4. The highest BCUT2D eigenvalue weighted by atomic mass is 19.4. The molecule has 4 aromatic rings. The Morgan fingerprint density at radius 2 is 1.72 bits per heavy atom. The largest absolute Gasteiger partial charge is 0.573 e. The van der Waals surface area contributed by atoms with Gasteiger partial charge in [0.05, 0.1) is 6.54 Å². The molecule has 14 heteroatoms. The minimum Gasteiger partial charge on any atom is -0.449 e. The van der Waals surface area contributed by atoms with E-state index in [-0.39, 0.29) is 33.0 Å². The fourth-order valence-corrected chi connectivity index (χ4v) is 2.93. The molecule has 0 aliphatic rings. The lowest BCUT2D eigenvalue weighted by Crippen LogP contribution is -2.37. The molecule has 0 saturated carbocycles. The van der Waals surface area contributed by atoms with Crippen molar-refractivity contribution in [1.82, 2.24) is 20.6 Å². The van der Waals surface area contributed by atoms with Gasteiger partial charge in [0.2, 0.25) is 5.82 Å². The van der Waals surface area contributed by atoms with Crippen LogP contribution < -0.4 is 9.64 Å². The number of tetrazole rings is 1. The maximum Gasteiger partial charge on any atom is 0.573 e. The summed E-state index contributed by atoms with van der Waals surface area (Å²) in [6.07, 6.45) is -9.96. The summed E-state index contributed by atoms with van der Waals surface area (Å²) < 4.78 is 102. The van der Waals surface area contributed by atoms with Crippen LogP contribution in [0.5, 0.6) is 5.75 Å². The Morgan fingerprint density at radius 1 is 1.00 bits per heavy atom. The average Bonchev–Trinajstić information content (AvgIpc) is 3.36. The number of fused-ring (bicyclic) bond motifs is 1. The predicted molar refractivity (Wildman–Crippen MR) is 94.7 cm³/mol. The summed E-state index contributed by atoms with van der Waals surface area (Å²) in [4.78, 5) is -0.127. The zero-order chi connectivity index (χ0) is 23.1. The Bertz CT molecular complexity index is 1220. The summed E-state index contributed by atoms with van der Waals surface area (Å²) in [6.45, 7) is -0.969. The van der Waals surface area contributed by atoms with Crippen molar-refractivity contribution in [3.8, 4) is 17.3 Å². The number of halogens is 7. The molecule has 1 N–H and O–H groups in total. The normalized spacial score (nSPS) is 12.3. The van der Waals surface area contributed by atoms with Gasteiger partial charge in [0.25, 0.3) is 0 Å². The Balaban J connectivity index is 1.65. The topological polar surface area (TPSA) is 80.1 Å². The van der Waals surface area contributed by atoms with Crippen LogP contribution in [0.3, 0.4) is 0 Å². The summed E-state index contributed by atoms with van der Waals surface area (Å²) in [7, 11) is 0. The van der Waals surface area contributed by atoms with Crippen LogP contribution in [0.15, 0.2) is 46.9 Å². The van der Waals surface area contributed by atoms with Crippen molar-refractivity contribution in [1.29, 1.82) is 0 Å². The van der Waals surface area contributed by atoms with Gasteiger partial charge in [-0.25, -0.2) is 4.39 Å². The van der Waals surface area contributed by atoms with Crippen LogP contribution in [0.25, 0.3) is 22.6 Å². The zero-order valence-electron chi connectivity index (χ0n) is 15.5. The minimum atomic E-state index is -4.99. The quantitative estimate of drug-likeness (QED) is 0.326. The number of aromatic nitrogens is 4. The number of hydrogen-bond donors (Lipinski definition) is 1. The van der Waals surface area contributed by atoms with Gasteiger partial charge in [-0.1, -0.05) is 12.1 Å². The standard InChI is InChI=1S/C18H10F7N5O2/c19-14-10(2-1-9-7-13(31-15(9)14)16-26-28-29-27-16)8-30(17(20,21)22)11-3-5-12(6-4-11)32-18(23,24)25/h1-7H,8H2,(H,26,27,28,29). The molecule has 32 heavy (non-hydrogen) atoms. The molecule has 4 rings (SSSR count). The average molecular weight is 461 g/mol. The maximum atomic E-state index is 14.9. The number of aromatic amines is 1. The smallest absolute Gasteiger partial charge is 0.449 e. The number of alkyl halides is 6. The molecule has 0 fully saturated rings. The molecule has 0 bridgehead atoms. The SMILES string of the molecule is Fc1c(CN(c2ccc(OC(F)(F)F)cc2)C(F)(F)F)ccc2cc(-c3nn[nH]n3)oc12. The number of anilines is 1. The van der Waals surface area contributed by atoms with Crippen molar-refractivity contribution in [2.75, 3.05) is 4.90 Å². The molecule has 0 unspecified atom stereocenters. The van der Waals surface area contributed by atoms with Crippen molar-refractivity contribution in [3.63, 3.8) is 0 Å². The minimum absolute atomic E-state index is 0.0280. The number of furan rings is 1. The van der Waals surface area contributed by atoms with Gasteiger partial charge in [0.1, 0.15) is 5.75 Å². The first-order valence-electron chi connectivity index (χ1n) is 8.66. The van der Waals surface area contributed by atoms with E-state index in [0.717, 1.165) is 30.3 Å². The van der Waals surface area contributed by atoms with Crippen molar-refractivity contribution in [2.45, 2.75) is 19.2 Å². The molecule has 7 nitrogen and oxygen atoms in total. The second-order valence-corrected chi connectivity index (χ2v) is 6.40. The molecule has 2 aromatic heterocycles. The van der Waals surface area contributed by atoms with E-state index >= 15 is 0 Å². The number of rotatable bonds is 5. The fourth-order valence-electron chi connectivity index (χ4n) is 2.93. The monoisotopic (exact) mass is 461 g/mol. The van der Waals surface area contributed by atoms with Gasteiger partial charge in [-0.3, -0.25) is 4.90 Å². The molecule has 0 aliphatic heterocycles. The van der Waals surface area contributed by atoms with Gasteiger partial charge in [-0.2, -0.15) is 18.4 Å². The number of benzene rings is 2. The molecule has 0 aliphatic carbocycles. The van der Waals surface area contributed by atoms with Crippen molar-refractivity contribution in [3.05, 3.63) is 53.8 Å². The van der Waals surface area contributed by atoms with E-state index < -0.39 is 36.5 Å². The molecule has 2 aromatic carbocycles. The molecule has 0 spiro atoms. The lowest BCUT2D eigenvalue weighted by molar-refractivity contribution is -0.274. The number of hydrogen-bond acceptors (Lipinski definition) is 6. The highest BCUT2D eigenvalue weighted by Crippen LogP contribution is 2.35. The fraction of sp³-hybridized carbons (Fsp3) is 0.167. The maximum absolute atomic E-state index is 14.9. The van der Waals surface area contributed by atoms with E-state index in [0.29, 0.717) is 0 Å². The van der Waals surface area contributed by atoms with Gasteiger partial charge in [0, 0.05) is 16.6 Å². The molecule has 0 amide bonds. The first kappa shape index (κ1) is 21.4. The summed E-state index contributed by atoms with van der Waals surface area (Å²) in [5.74, 6) is -1.65. The van der Waals surface area contributed by atoms with Gasteiger partial charge < -0.3 is 9.15 Å². The van der Waals surface area contributed by atoms with Crippen LogP contribution in [0.1, 0.15) is 5.56 Å². The molecular weight excluding hydrogens is 451 g/mol. The van der Waals surface area contributed by atoms with E-state index in [9.17, 15) is 30.7 Å². The molecule has 2 heterocycles. The van der Waals surface area contributed by atoms with Gasteiger partial charge in [0.15, 0.2) is 17.2 Å². The van der Waals surface area contributed by atoms with E-state index in [2.05, 4.69) is 25.4 Å². The molecule has 0 saturated heterocycles. The van der Waals surface area contributed by atoms with Crippen molar-refractivity contribution in [2.24, 2.45) is 0 Å². The second kappa shape index (κ2) is 7.69. The Labute approximate surface area is 173 Å². The van der Waals surface area contributed by atoms with Gasteiger partial charge in [-0.05, 0) is 35.5 Å². The lowest BCUT2D eigenvalue weighted by atomic mass is 10.1. The first-order valence-corrected chi connectivity index (χ1v) is 8.66. The van der Waals surface area contributed by atoms with Crippen LogP contribution in [0.4, 0.5) is 36.4 Å². The summed E-state index contributed by atoms with van der Waals surface area (Å²) in [5.41, 5.74) is -1.18. The van der Waals surface area contributed by atoms with Crippen LogP contribution in [-0.4, -0.2) is 33.3 Å². The Hall–Kier alpha value is -3.84. The Morgan fingerprint density at radius 3 is 2.31 bits per heavy atom. The van der Waals surface area contributed by atoms with Crippen molar-refractivity contribution >= 4 is 16.7 Å². The van der Waals surface area contributed by atoms with E-state index in [1.54, 1.807) is 0 Å². The number of ether oxygens (including phenoxy) is 1. The van der Waals surface area contributed by atoms with E-state index in [4.69, 9.17) is 4.42 Å². The third-order valence-electron chi connectivity index (χ3n) is 4.29. The molecule has 0 radical (unpaired) electrons. The molecule has 0 atom stereocenters. The van der Waals surface area contributed by atoms with E-state index in [1.165, 1.54) is 12.1 Å². The van der Waals surface area contributed by atoms with Gasteiger partial charge in [-0.15, -0.1) is 23.4 Å². The third-order valence-corrected chi connectivity index (χ3v) is 4.29. The lowest BCUT2D eigenvalue weighted by Gasteiger charge is -2.27. The zero-order valence-corrected chi connectivity index (χ0v) is 15.5. The predicted octanol–water partition coefficient (Wildman–Crippen LogP) is 5.18. The molecule has 168 valence electrons. The summed E-state index contributed by atoms with van der Waals surface area (Å²) in [6, 6.07) is 6.92. The molecular formula is C18H10F7N5O2. The van der Waals surface area contributed by atoms with Crippen LogP contribution in [0.2, 0.25) is 0 Å². The van der Waals surface area contributed by atoms with Gasteiger partial charge >= 0.3 is 12.7 Å². The van der Waals surface area contributed by atoms with Crippen LogP contribution in [-0.2, 0) is 6.54 Å². The highest BCUT2D eigenvalue weighted by Gasteiger charge is 2.38. The van der Waals surface area contributed by atoms with Crippen molar-refractivity contribution < 1.29 is 39.9 Å².